The number of hydrogen-bond acceptors (Lipinski definition) is 1. The molecule has 1 rings (SSSR count). The molecular weight excluding hydrogens is 146 g/mol. The summed E-state index contributed by atoms with van der Waals surface area (Å²) in [7, 11) is 2.10. The first-order valence-corrected chi connectivity index (χ1v) is 5.20. The Morgan fingerprint density at radius 2 is 2.00 bits per heavy atom. The van der Waals surface area contributed by atoms with Gasteiger partial charge < -0.3 is 5.32 Å². The van der Waals surface area contributed by atoms with Crippen LogP contribution in [0, 0.1) is 17.3 Å². The zero-order chi connectivity index (χ0) is 9.35. The smallest absolute Gasteiger partial charge is 0.0123 e. The molecule has 1 nitrogen and oxygen atoms in total. The summed E-state index contributed by atoms with van der Waals surface area (Å²) in [6.45, 7) is 9.40. The molecule has 0 aromatic carbocycles. The molecule has 0 aliphatic heterocycles. The SMILES string of the molecule is CCC(C)C(NC)C1CC1(C)C. The summed E-state index contributed by atoms with van der Waals surface area (Å²) in [6.07, 6.45) is 2.70. The predicted molar refractivity (Wildman–Crippen MR) is 54.2 cm³/mol. The third kappa shape index (κ3) is 1.82. The molecule has 3 atom stereocenters. The molecule has 72 valence electrons. The second kappa shape index (κ2) is 3.37. The van der Waals surface area contributed by atoms with Crippen LogP contribution in [-0.4, -0.2) is 13.1 Å². The molecule has 0 saturated heterocycles. The molecule has 0 aromatic heterocycles. The van der Waals surface area contributed by atoms with Crippen molar-refractivity contribution < 1.29 is 0 Å². The van der Waals surface area contributed by atoms with E-state index in [4.69, 9.17) is 0 Å². The highest BCUT2D eigenvalue weighted by Gasteiger charge is 2.50. The molecule has 12 heavy (non-hydrogen) atoms. The van der Waals surface area contributed by atoms with Gasteiger partial charge >= 0.3 is 0 Å². The van der Waals surface area contributed by atoms with Crippen molar-refractivity contribution in [2.24, 2.45) is 17.3 Å². The molecule has 0 amide bonds. The minimum absolute atomic E-state index is 0.608. The summed E-state index contributed by atoms with van der Waals surface area (Å²) in [4.78, 5) is 0. The van der Waals surface area contributed by atoms with Crippen LogP contribution in [0.5, 0.6) is 0 Å². The van der Waals surface area contributed by atoms with Gasteiger partial charge in [0.25, 0.3) is 0 Å². The average Bonchev–Trinajstić information content (AvgIpc) is 2.61. The van der Waals surface area contributed by atoms with Gasteiger partial charge in [0.05, 0.1) is 0 Å². The van der Waals surface area contributed by atoms with Crippen molar-refractivity contribution in [2.45, 2.75) is 46.6 Å². The number of nitrogens with one attached hydrogen (secondary N) is 1. The Hall–Kier alpha value is -0.0400. The van der Waals surface area contributed by atoms with E-state index in [-0.39, 0.29) is 0 Å². The van der Waals surface area contributed by atoms with Crippen molar-refractivity contribution >= 4 is 0 Å². The van der Waals surface area contributed by atoms with E-state index in [1.165, 1.54) is 12.8 Å². The van der Waals surface area contributed by atoms with Crippen LogP contribution in [0.3, 0.4) is 0 Å². The highest BCUT2D eigenvalue weighted by molar-refractivity contribution is 5.02. The molecule has 0 heterocycles. The van der Waals surface area contributed by atoms with Crippen molar-refractivity contribution in [2.75, 3.05) is 7.05 Å². The van der Waals surface area contributed by atoms with Crippen molar-refractivity contribution in [3.05, 3.63) is 0 Å². The van der Waals surface area contributed by atoms with Gasteiger partial charge in [-0.2, -0.15) is 0 Å². The Labute approximate surface area is 76.9 Å². The zero-order valence-electron chi connectivity index (χ0n) is 9.15. The van der Waals surface area contributed by atoms with Crippen LogP contribution in [0.2, 0.25) is 0 Å². The summed E-state index contributed by atoms with van der Waals surface area (Å²) < 4.78 is 0. The van der Waals surface area contributed by atoms with Gasteiger partial charge in [0, 0.05) is 6.04 Å². The van der Waals surface area contributed by atoms with Crippen LogP contribution >= 0.6 is 0 Å². The molecule has 1 heteroatoms. The quantitative estimate of drug-likeness (QED) is 0.682. The van der Waals surface area contributed by atoms with Gasteiger partial charge in [-0.05, 0) is 30.7 Å². The van der Waals surface area contributed by atoms with E-state index in [1.54, 1.807) is 0 Å². The van der Waals surface area contributed by atoms with Gasteiger partial charge in [-0.15, -0.1) is 0 Å². The fraction of sp³-hybridized carbons (Fsp3) is 1.00. The van der Waals surface area contributed by atoms with Gasteiger partial charge in [0.1, 0.15) is 0 Å². The minimum atomic E-state index is 0.608. The molecule has 0 bridgehead atoms. The lowest BCUT2D eigenvalue weighted by Crippen LogP contribution is -2.35. The summed E-state index contributed by atoms with van der Waals surface area (Å²) in [5.41, 5.74) is 0.608. The lowest BCUT2D eigenvalue weighted by atomic mass is 9.91. The van der Waals surface area contributed by atoms with Crippen LogP contribution in [0.4, 0.5) is 0 Å². The molecule has 1 fully saturated rings. The summed E-state index contributed by atoms with van der Waals surface area (Å²) >= 11 is 0. The first-order chi connectivity index (χ1) is 5.53. The maximum absolute atomic E-state index is 3.47. The van der Waals surface area contributed by atoms with Gasteiger partial charge in [-0.25, -0.2) is 0 Å². The fourth-order valence-corrected chi connectivity index (χ4v) is 2.26. The van der Waals surface area contributed by atoms with E-state index in [9.17, 15) is 0 Å². The second-order valence-corrected chi connectivity index (χ2v) is 5.00. The number of hydrogen-bond donors (Lipinski definition) is 1. The van der Waals surface area contributed by atoms with Crippen LogP contribution < -0.4 is 5.32 Å². The molecular formula is C11H23N. The van der Waals surface area contributed by atoms with Crippen molar-refractivity contribution in [3.63, 3.8) is 0 Å². The lowest BCUT2D eigenvalue weighted by Gasteiger charge is -2.24. The topological polar surface area (TPSA) is 12.0 Å². The average molecular weight is 169 g/mol. The maximum Gasteiger partial charge on any atom is 0.0123 e. The van der Waals surface area contributed by atoms with E-state index in [0.717, 1.165) is 17.9 Å². The van der Waals surface area contributed by atoms with Crippen LogP contribution in [-0.2, 0) is 0 Å². The van der Waals surface area contributed by atoms with Gasteiger partial charge in [-0.1, -0.05) is 34.1 Å². The highest BCUT2D eigenvalue weighted by Crippen LogP contribution is 2.54. The largest absolute Gasteiger partial charge is 0.316 e. The van der Waals surface area contributed by atoms with E-state index in [1.807, 2.05) is 0 Å². The van der Waals surface area contributed by atoms with Crippen molar-refractivity contribution in [1.82, 2.24) is 5.32 Å². The molecule has 0 aromatic rings. The third-order valence-electron chi connectivity index (χ3n) is 3.61. The Bertz CT molecular complexity index is 151. The molecule has 1 aliphatic rings. The van der Waals surface area contributed by atoms with Crippen molar-refractivity contribution in [3.8, 4) is 0 Å². The summed E-state index contributed by atoms with van der Waals surface area (Å²) in [5.74, 6) is 1.74. The number of rotatable bonds is 4. The second-order valence-electron chi connectivity index (χ2n) is 5.00. The molecule has 1 N–H and O–H groups in total. The molecule has 1 aliphatic carbocycles. The lowest BCUT2D eigenvalue weighted by molar-refractivity contribution is 0.319. The standard InChI is InChI=1S/C11H23N/c1-6-8(2)10(12-5)9-7-11(9,3)4/h8-10,12H,6-7H2,1-5H3. The maximum atomic E-state index is 3.47. The van der Waals surface area contributed by atoms with E-state index in [2.05, 4.69) is 40.1 Å². The fourth-order valence-electron chi connectivity index (χ4n) is 2.26. The third-order valence-corrected chi connectivity index (χ3v) is 3.61. The van der Waals surface area contributed by atoms with E-state index < -0.39 is 0 Å². The Morgan fingerprint density at radius 3 is 2.25 bits per heavy atom. The molecule has 0 radical (unpaired) electrons. The molecule has 0 spiro atoms. The first-order valence-electron chi connectivity index (χ1n) is 5.20. The van der Waals surface area contributed by atoms with Crippen molar-refractivity contribution in [1.29, 1.82) is 0 Å². The van der Waals surface area contributed by atoms with Crippen LogP contribution in [0.15, 0.2) is 0 Å². The Morgan fingerprint density at radius 1 is 1.50 bits per heavy atom. The summed E-state index contributed by atoms with van der Waals surface area (Å²) in [5, 5.41) is 3.47. The van der Waals surface area contributed by atoms with Gasteiger partial charge in [0.2, 0.25) is 0 Å². The normalized spacial score (nSPS) is 31.2. The monoisotopic (exact) mass is 169 g/mol. The predicted octanol–water partition coefficient (Wildman–Crippen LogP) is 2.67. The molecule has 1 saturated carbocycles. The van der Waals surface area contributed by atoms with Gasteiger partial charge in [-0.3, -0.25) is 0 Å². The summed E-state index contributed by atoms with van der Waals surface area (Å²) in [6, 6.07) is 0.741. The first kappa shape index (κ1) is 10.0. The Kier molecular flexibility index (Phi) is 2.82. The Balaban J connectivity index is 2.48. The van der Waals surface area contributed by atoms with Crippen LogP contribution in [0.25, 0.3) is 0 Å². The zero-order valence-corrected chi connectivity index (χ0v) is 9.15. The van der Waals surface area contributed by atoms with Crippen LogP contribution in [0.1, 0.15) is 40.5 Å². The van der Waals surface area contributed by atoms with E-state index >= 15 is 0 Å². The van der Waals surface area contributed by atoms with E-state index in [0.29, 0.717) is 5.41 Å². The highest BCUT2D eigenvalue weighted by atomic mass is 14.9. The minimum Gasteiger partial charge on any atom is -0.316 e. The van der Waals surface area contributed by atoms with Gasteiger partial charge in [0.15, 0.2) is 0 Å². The molecule has 3 unspecified atom stereocenters.